The predicted molar refractivity (Wildman–Crippen MR) is 96.4 cm³/mol. The lowest BCUT2D eigenvalue weighted by molar-refractivity contribution is 0.152. The van der Waals surface area contributed by atoms with Crippen molar-refractivity contribution in [1.82, 2.24) is 9.88 Å². The Morgan fingerprint density at radius 1 is 1.40 bits per heavy atom. The van der Waals surface area contributed by atoms with E-state index < -0.39 is 0 Å². The molecular formula is C19H25N3O3. The van der Waals surface area contributed by atoms with E-state index in [2.05, 4.69) is 31.1 Å². The summed E-state index contributed by atoms with van der Waals surface area (Å²) in [6, 6.07) is 7.14. The molecule has 2 unspecified atom stereocenters. The molecule has 3 rings (SSSR count). The van der Waals surface area contributed by atoms with Gasteiger partial charge in [-0.1, -0.05) is 20.8 Å². The fourth-order valence-corrected chi connectivity index (χ4v) is 3.12. The molecular weight excluding hydrogens is 318 g/mol. The van der Waals surface area contributed by atoms with Crippen LogP contribution in [0.3, 0.4) is 0 Å². The molecule has 0 spiro atoms. The lowest BCUT2D eigenvalue weighted by Gasteiger charge is -2.25. The van der Waals surface area contributed by atoms with Crippen molar-refractivity contribution in [1.29, 1.82) is 0 Å². The molecule has 134 valence electrons. The van der Waals surface area contributed by atoms with Gasteiger partial charge in [0.1, 0.15) is 5.76 Å². The molecule has 6 nitrogen and oxygen atoms in total. The van der Waals surface area contributed by atoms with E-state index in [1.54, 1.807) is 11.1 Å². The van der Waals surface area contributed by atoms with Crippen LogP contribution in [0.15, 0.2) is 34.9 Å². The number of hydrogen-bond acceptors (Lipinski definition) is 4. The number of oxazole rings is 1. The Labute approximate surface area is 147 Å². The molecule has 25 heavy (non-hydrogen) atoms. The van der Waals surface area contributed by atoms with Gasteiger partial charge in [-0.25, -0.2) is 9.78 Å². The lowest BCUT2D eigenvalue weighted by atomic mass is 10.0. The first-order valence-electron chi connectivity index (χ1n) is 8.74. The molecule has 1 aromatic heterocycles. The van der Waals surface area contributed by atoms with E-state index in [4.69, 9.17) is 4.42 Å². The third-order valence-electron chi connectivity index (χ3n) is 4.81. The topological polar surface area (TPSA) is 78.6 Å². The molecule has 1 saturated heterocycles. The van der Waals surface area contributed by atoms with Crippen molar-refractivity contribution < 1.29 is 14.3 Å². The SMILES string of the molecule is CC(C)c1cnc(-c2ccc(NC(=O)N3CCC(C)C3CO)cc2)o1. The third-order valence-corrected chi connectivity index (χ3v) is 4.81. The van der Waals surface area contributed by atoms with E-state index in [1.165, 1.54) is 0 Å². The molecule has 2 heterocycles. The van der Waals surface area contributed by atoms with Crippen LogP contribution < -0.4 is 5.32 Å². The molecule has 1 aromatic carbocycles. The summed E-state index contributed by atoms with van der Waals surface area (Å²) in [5.74, 6) is 2.04. The van der Waals surface area contributed by atoms with E-state index in [9.17, 15) is 9.90 Å². The fraction of sp³-hybridized carbons (Fsp3) is 0.474. The molecule has 0 aliphatic carbocycles. The van der Waals surface area contributed by atoms with Crippen molar-refractivity contribution in [3.05, 3.63) is 36.2 Å². The van der Waals surface area contributed by atoms with Gasteiger partial charge in [-0.2, -0.15) is 0 Å². The van der Waals surface area contributed by atoms with Crippen LogP contribution in [-0.2, 0) is 0 Å². The molecule has 1 aliphatic rings. The summed E-state index contributed by atoms with van der Waals surface area (Å²) in [4.78, 5) is 18.4. The van der Waals surface area contributed by atoms with Gasteiger partial charge in [0.15, 0.2) is 0 Å². The van der Waals surface area contributed by atoms with E-state index in [-0.39, 0.29) is 18.7 Å². The molecule has 1 fully saturated rings. The maximum absolute atomic E-state index is 12.4. The van der Waals surface area contributed by atoms with Crippen LogP contribution in [0.25, 0.3) is 11.5 Å². The van der Waals surface area contributed by atoms with Crippen molar-refractivity contribution in [3.8, 4) is 11.5 Å². The number of benzene rings is 1. The van der Waals surface area contributed by atoms with Gasteiger partial charge in [0.05, 0.1) is 18.8 Å². The van der Waals surface area contributed by atoms with Gasteiger partial charge in [-0.05, 0) is 36.6 Å². The first kappa shape index (κ1) is 17.5. The summed E-state index contributed by atoms with van der Waals surface area (Å²) >= 11 is 0. The second kappa shape index (κ2) is 7.27. The summed E-state index contributed by atoms with van der Waals surface area (Å²) in [6.07, 6.45) is 2.67. The number of nitrogens with one attached hydrogen (secondary N) is 1. The number of urea groups is 1. The maximum atomic E-state index is 12.4. The molecule has 2 aromatic rings. The normalized spacial score (nSPS) is 20.3. The highest BCUT2D eigenvalue weighted by Gasteiger charge is 2.33. The number of amides is 2. The van der Waals surface area contributed by atoms with Gasteiger partial charge < -0.3 is 19.7 Å². The van der Waals surface area contributed by atoms with Gasteiger partial charge in [0.2, 0.25) is 5.89 Å². The lowest BCUT2D eigenvalue weighted by Crippen LogP contribution is -2.42. The number of carbonyl (C=O) groups excluding carboxylic acids is 1. The first-order chi connectivity index (χ1) is 12.0. The molecule has 2 N–H and O–H groups in total. The summed E-state index contributed by atoms with van der Waals surface area (Å²) in [7, 11) is 0. The average Bonchev–Trinajstić information content (AvgIpc) is 3.22. The Bertz CT molecular complexity index is 724. The molecule has 6 heteroatoms. The molecule has 2 atom stereocenters. The molecule has 0 saturated carbocycles. The zero-order valence-electron chi connectivity index (χ0n) is 14.9. The third kappa shape index (κ3) is 3.69. The number of anilines is 1. The van der Waals surface area contributed by atoms with E-state index in [0.29, 0.717) is 30.0 Å². The predicted octanol–water partition coefficient (Wildman–Crippen LogP) is 3.70. The van der Waals surface area contributed by atoms with Crippen molar-refractivity contribution in [2.45, 2.75) is 39.2 Å². The molecule has 0 radical (unpaired) electrons. The van der Waals surface area contributed by atoms with Crippen LogP contribution in [0.2, 0.25) is 0 Å². The van der Waals surface area contributed by atoms with Crippen LogP contribution in [0.4, 0.5) is 10.5 Å². The second-order valence-corrected chi connectivity index (χ2v) is 6.94. The zero-order chi connectivity index (χ0) is 18.0. The summed E-state index contributed by atoms with van der Waals surface area (Å²) in [6.45, 7) is 6.84. The van der Waals surface area contributed by atoms with Crippen LogP contribution in [0.1, 0.15) is 38.9 Å². The highest BCUT2D eigenvalue weighted by Crippen LogP contribution is 2.26. The van der Waals surface area contributed by atoms with Gasteiger partial charge >= 0.3 is 6.03 Å². The Balaban J connectivity index is 1.67. The minimum absolute atomic E-state index is 0.00410. The van der Waals surface area contributed by atoms with Gasteiger partial charge in [-0.15, -0.1) is 0 Å². The Kier molecular flexibility index (Phi) is 5.08. The van der Waals surface area contributed by atoms with E-state index in [0.717, 1.165) is 17.7 Å². The molecule has 2 amide bonds. The number of rotatable bonds is 4. The summed E-state index contributed by atoms with van der Waals surface area (Å²) in [5.41, 5.74) is 1.58. The van der Waals surface area contributed by atoms with Crippen molar-refractivity contribution in [2.24, 2.45) is 5.92 Å². The molecule has 1 aliphatic heterocycles. The standard InChI is InChI=1S/C19H25N3O3/c1-12(2)17-10-20-18(25-17)14-4-6-15(7-5-14)21-19(24)22-9-8-13(3)16(22)11-23/h4-7,10,12-13,16,23H,8-9,11H2,1-3H3,(H,21,24). The summed E-state index contributed by atoms with van der Waals surface area (Å²) in [5, 5.41) is 12.4. The quantitative estimate of drug-likeness (QED) is 0.887. The van der Waals surface area contributed by atoms with Crippen LogP contribution >= 0.6 is 0 Å². The minimum atomic E-state index is -0.172. The minimum Gasteiger partial charge on any atom is -0.441 e. The van der Waals surface area contributed by atoms with Gasteiger partial charge in [0, 0.05) is 23.7 Å². The van der Waals surface area contributed by atoms with Crippen molar-refractivity contribution in [3.63, 3.8) is 0 Å². The zero-order valence-corrected chi connectivity index (χ0v) is 14.9. The molecule has 0 bridgehead atoms. The fourth-order valence-electron chi connectivity index (χ4n) is 3.12. The largest absolute Gasteiger partial charge is 0.441 e. The average molecular weight is 343 g/mol. The smallest absolute Gasteiger partial charge is 0.322 e. The number of aliphatic hydroxyl groups excluding tert-OH is 1. The van der Waals surface area contributed by atoms with Crippen LogP contribution in [0.5, 0.6) is 0 Å². The number of hydrogen-bond donors (Lipinski definition) is 2. The number of carbonyl (C=O) groups is 1. The Morgan fingerprint density at radius 2 is 2.12 bits per heavy atom. The number of likely N-dealkylation sites (tertiary alicyclic amines) is 1. The number of nitrogens with zero attached hydrogens (tertiary/aromatic N) is 2. The van der Waals surface area contributed by atoms with E-state index in [1.807, 2.05) is 24.3 Å². The highest BCUT2D eigenvalue weighted by atomic mass is 16.4. The first-order valence-corrected chi connectivity index (χ1v) is 8.74. The number of aliphatic hydroxyl groups is 1. The van der Waals surface area contributed by atoms with Gasteiger partial charge in [-0.3, -0.25) is 0 Å². The highest BCUT2D eigenvalue weighted by molar-refractivity contribution is 5.90. The second-order valence-electron chi connectivity index (χ2n) is 6.94. The van der Waals surface area contributed by atoms with Gasteiger partial charge in [0.25, 0.3) is 0 Å². The van der Waals surface area contributed by atoms with Crippen LogP contribution in [-0.4, -0.2) is 40.2 Å². The van der Waals surface area contributed by atoms with Crippen LogP contribution in [0, 0.1) is 5.92 Å². The summed E-state index contributed by atoms with van der Waals surface area (Å²) < 4.78 is 5.74. The number of aromatic nitrogens is 1. The van der Waals surface area contributed by atoms with E-state index >= 15 is 0 Å². The van der Waals surface area contributed by atoms with Crippen molar-refractivity contribution >= 4 is 11.7 Å². The van der Waals surface area contributed by atoms with Crippen molar-refractivity contribution in [2.75, 3.05) is 18.5 Å². The Morgan fingerprint density at radius 3 is 2.72 bits per heavy atom. The monoisotopic (exact) mass is 343 g/mol. The Hall–Kier alpha value is -2.34. The maximum Gasteiger partial charge on any atom is 0.322 e.